The van der Waals surface area contributed by atoms with Crippen LogP contribution in [-0.2, 0) is 37.5 Å². The SMILES string of the molecule is [CH2-]C(=O)NN.[Y]. The zero-order valence-corrected chi connectivity index (χ0v) is 6.11. The van der Waals surface area contributed by atoms with E-state index in [9.17, 15) is 4.79 Å². The van der Waals surface area contributed by atoms with E-state index in [1.54, 1.807) is 5.43 Å². The van der Waals surface area contributed by atoms with E-state index in [0.717, 1.165) is 0 Å². The molecule has 33 valence electrons. The molecule has 4 heteroatoms. The number of carbonyl (C=O) groups is 1. The molecule has 0 aromatic carbocycles. The molecule has 0 spiro atoms. The van der Waals surface area contributed by atoms with Gasteiger partial charge in [0.25, 0.3) is 0 Å². The van der Waals surface area contributed by atoms with Gasteiger partial charge in [-0.1, -0.05) is 0 Å². The molecule has 0 atom stereocenters. The van der Waals surface area contributed by atoms with Gasteiger partial charge < -0.3 is 17.1 Å². The van der Waals surface area contributed by atoms with Gasteiger partial charge in [-0.2, -0.15) is 0 Å². The second-order valence-corrected chi connectivity index (χ2v) is 0.568. The third-order valence-electron chi connectivity index (χ3n) is 0.161. The molecule has 0 heterocycles. The summed E-state index contributed by atoms with van der Waals surface area (Å²) in [6.45, 7) is 2.88. The minimum absolute atomic E-state index is 0. The number of nitrogens with two attached hydrogens (primary N) is 1. The van der Waals surface area contributed by atoms with Crippen molar-refractivity contribution in [1.82, 2.24) is 5.43 Å². The fourth-order valence-electron chi connectivity index (χ4n) is 0. The summed E-state index contributed by atoms with van der Waals surface area (Å²) in [6.07, 6.45) is 0. The second-order valence-electron chi connectivity index (χ2n) is 0.568. The Kier molecular flexibility index (Phi) is 8.68. The first-order valence-electron chi connectivity index (χ1n) is 1.10. The molecule has 3 nitrogen and oxygen atoms in total. The van der Waals surface area contributed by atoms with Crippen LogP contribution in [0.2, 0.25) is 0 Å². The Morgan fingerprint density at radius 2 is 2.00 bits per heavy atom. The zero-order valence-electron chi connectivity index (χ0n) is 3.27. The molecule has 0 bridgehead atoms. The molecular formula is C2H5N2OY-. The van der Waals surface area contributed by atoms with E-state index in [-0.39, 0.29) is 32.7 Å². The zero-order chi connectivity index (χ0) is 4.28. The van der Waals surface area contributed by atoms with Crippen LogP contribution in [0.1, 0.15) is 0 Å². The Hall–Kier alpha value is 0.404. The topological polar surface area (TPSA) is 55.1 Å². The fourth-order valence-corrected chi connectivity index (χ4v) is 0. The van der Waals surface area contributed by atoms with Crippen molar-refractivity contribution in [3.8, 4) is 0 Å². The van der Waals surface area contributed by atoms with E-state index in [1.807, 2.05) is 0 Å². The van der Waals surface area contributed by atoms with Gasteiger partial charge in [-0.25, -0.2) is 0 Å². The van der Waals surface area contributed by atoms with Crippen LogP contribution in [0, 0.1) is 6.92 Å². The third kappa shape index (κ3) is 8.83. The van der Waals surface area contributed by atoms with Crippen molar-refractivity contribution in [2.75, 3.05) is 0 Å². The van der Waals surface area contributed by atoms with Crippen LogP contribution in [-0.4, -0.2) is 5.91 Å². The normalized spacial score (nSPS) is 5.50. The van der Waals surface area contributed by atoms with Crippen molar-refractivity contribution >= 4 is 5.91 Å². The molecule has 0 unspecified atom stereocenters. The number of hydrazine groups is 1. The van der Waals surface area contributed by atoms with Gasteiger partial charge in [0.05, 0.1) is 5.91 Å². The maximum Gasteiger partial charge on any atom is 0.0937 e. The summed E-state index contributed by atoms with van der Waals surface area (Å²) in [7, 11) is 0. The van der Waals surface area contributed by atoms with Crippen molar-refractivity contribution in [3.05, 3.63) is 6.92 Å². The van der Waals surface area contributed by atoms with E-state index in [4.69, 9.17) is 0 Å². The van der Waals surface area contributed by atoms with Crippen molar-refractivity contribution < 1.29 is 37.5 Å². The summed E-state index contributed by atoms with van der Waals surface area (Å²) < 4.78 is 0. The molecule has 0 fully saturated rings. The maximum absolute atomic E-state index is 9.47. The Balaban J connectivity index is 0. The summed E-state index contributed by atoms with van der Waals surface area (Å²) in [5, 5.41) is 0. The van der Waals surface area contributed by atoms with E-state index in [1.165, 1.54) is 0 Å². The van der Waals surface area contributed by atoms with Crippen LogP contribution in [0.15, 0.2) is 0 Å². The standard InChI is InChI=1S/C2H5N2O.Y/c1-2(5)4-3;/h1,3H2,(H,4,5);/q-1;. The molecular weight excluding hydrogens is 157 g/mol. The van der Waals surface area contributed by atoms with Crippen molar-refractivity contribution in [1.29, 1.82) is 0 Å². The molecule has 0 aromatic rings. The molecule has 3 N–H and O–H groups in total. The van der Waals surface area contributed by atoms with Crippen molar-refractivity contribution in [2.45, 2.75) is 0 Å². The third-order valence-corrected chi connectivity index (χ3v) is 0.161. The largest absolute Gasteiger partial charge is 0.320 e. The number of carbonyl (C=O) groups excluding carboxylic acids is 1. The predicted octanol–water partition coefficient (Wildman–Crippen LogP) is -1.19. The minimum Gasteiger partial charge on any atom is -0.320 e. The van der Waals surface area contributed by atoms with Crippen LogP contribution in [0.3, 0.4) is 0 Å². The smallest absolute Gasteiger partial charge is 0.0937 e. The molecule has 0 aliphatic carbocycles. The van der Waals surface area contributed by atoms with Crippen LogP contribution in [0.4, 0.5) is 0 Å². The monoisotopic (exact) mass is 162 g/mol. The maximum atomic E-state index is 9.47. The molecule has 0 aliphatic rings. The van der Waals surface area contributed by atoms with Gasteiger partial charge in [0.2, 0.25) is 0 Å². The number of amides is 1. The Morgan fingerprint density at radius 3 is 2.00 bits per heavy atom. The van der Waals surface area contributed by atoms with Crippen LogP contribution >= 0.6 is 0 Å². The van der Waals surface area contributed by atoms with E-state index < -0.39 is 5.91 Å². The Morgan fingerprint density at radius 1 is 1.83 bits per heavy atom. The van der Waals surface area contributed by atoms with E-state index >= 15 is 0 Å². The van der Waals surface area contributed by atoms with E-state index in [2.05, 4.69) is 12.8 Å². The molecule has 0 aliphatic heterocycles. The van der Waals surface area contributed by atoms with Crippen LogP contribution in [0.25, 0.3) is 0 Å². The van der Waals surface area contributed by atoms with Crippen molar-refractivity contribution in [2.24, 2.45) is 5.84 Å². The first-order valence-corrected chi connectivity index (χ1v) is 1.10. The first kappa shape index (κ1) is 9.64. The predicted molar refractivity (Wildman–Crippen MR) is 17.7 cm³/mol. The minimum atomic E-state index is -0.468. The summed E-state index contributed by atoms with van der Waals surface area (Å²) in [6, 6.07) is 0. The molecule has 0 rings (SSSR count). The molecule has 1 radical (unpaired) electrons. The average molecular weight is 162 g/mol. The molecule has 6 heavy (non-hydrogen) atoms. The summed E-state index contributed by atoms with van der Waals surface area (Å²) in [5.74, 6) is 4.04. The van der Waals surface area contributed by atoms with Gasteiger partial charge in [-0.15, -0.1) is 0 Å². The van der Waals surface area contributed by atoms with Gasteiger partial charge in [-0.3, -0.25) is 5.84 Å². The van der Waals surface area contributed by atoms with Crippen LogP contribution < -0.4 is 11.3 Å². The Bertz CT molecular complexity index is 46.8. The molecule has 0 saturated heterocycles. The van der Waals surface area contributed by atoms with Gasteiger partial charge >= 0.3 is 0 Å². The quantitative estimate of drug-likeness (QED) is 0.203. The van der Waals surface area contributed by atoms with Gasteiger partial charge in [0, 0.05) is 32.7 Å². The summed E-state index contributed by atoms with van der Waals surface area (Å²) in [5.41, 5.74) is 1.78. The molecule has 0 saturated carbocycles. The molecule has 1 amide bonds. The Labute approximate surface area is 61.5 Å². The summed E-state index contributed by atoms with van der Waals surface area (Å²) in [4.78, 5) is 9.47. The summed E-state index contributed by atoms with van der Waals surface area (Å²) >= 11 is 0. The fraction of sp³-hybridized carbons (Fsp3) is 0. The first-order chi connectivity index (χ1) is 2.27. The number of hydrogen-bond donors (Lipinski definition) is 2. The number of hydrogen-bond acceptors (Lipinski definition) is 2. The van der Waals surface area contributed by atoms with Gasteiger partial charge in [-0.05, 0) is 0 Å². The van der Waals surface area contributed by atoms with E-state index in [0.29, 0.717) is 0 Å². The van der Waals surface area contributed by atoms with Crippen molar-refractivity contribution in [3.63, 3.8) is 0 Å². The molecule has 0 aromatic heterocycles. The number of nitrogens with one attached hydrogen (secondary N) is 1. The second kappa shape index (κ2) is 5.40. The number of rotatable bonds is 0. The van der Waals surface area contributed by atoms with Gasteiger partial charge in [0.15, 0.2) is 0 Å². The van der Waals surface area contributed by atoms with Crippen LogP contribution in [0.5, 0.6) is 0 Å². The average Bonchev–Trinajstić information content (AvgIpc) is 1.38. The van der Waals surface area contributed by atoms with Gasteiger partial charge in [0.1, 0.15) is 0 Å².